The molecule has 4 heteroatoms. The van der Waals surface area contributed by atoms with E-state index in [1.807, 2.05) is 6.92 Å². The predicted octanol–water partition coefficient (Wildman–Crippen LogP) is 0.644. The summed E-state index contributed by atoms with van der Waals surface area (Å²) in [6.07, 6.45) is 2.66. The summed E-state index contributed by atoms with van der Waals surface area (Å²) in [5, 5.41) is 3.47. The van der Waals surface area contributed by atoms with Crippen LogP contribution in [0.4, 0.5) is 0 Å². The molecule has 1 aromatic heterocycles. The molecule has 32 valence electrons. The van der Waals surface area contributed by atoms with Crippen LogP contribution in [0.3, 0.4) is 0 Å². The number of aryl methyl sites for hydroxylation is 1. The van der Waals surface area contributed by atoms with E-state index in [9.17, 15) is 0 Å². The summed E-state index contributed by atoms with van der Waals surface area (Å²) >= 11 is 1.36. The third kappa shape index (κ3) is 2.47. The van der Waals surface area contributed by atoms with Gasteiger partial charge < -0.3 is 11.3 Å². The van der Waals surface area contributed by atoms with Crippen LogP contribution in [0, 0.1) is 13.1 Å². The van der Waals surface area contributed by atoms with Gasteiger partial charge in [0.25, 0.3) is 0 Å². The molecule has 0 unspecified atom stereocenters. The second-order valence-corrected chi connectivity index (χ2v) is 1.90. The molecule has 0 aliphatic rings. The number of hydrogen-bond donors (Lipinski definition) is 0. The zero-order valence-electron chi connectivity index (χ0n) is 3.88. The van der Waals surface area contributed by atoms with Gasteiger partial charge in [0.2, 0.25) is 0 Å². The minimum atomic E-state index is 0. The van der Waals surface area contributed by atoms with E-state index in [-0.39, 0.29) is 32.7 Å². The van der Waals surface area contributed by atoms with Crippen molar-refractivity contribution in [3.63, 3.8) is 0 Å². The molecule has 7 heavy (non-hydrogen) atoms. The molecule has 0 aliphatic heterocycles. The molecule has 0 spiro atoms. The summed E-state index contributed by atoms with van der Waals surface area (Å²) in [6, 6.07) is 0. The molecule has 0 aromatic carbocycles. The smallest absolute Gasteiger partial charge is 0.359 e. The average molecular weight is 188 g/mol. The average Bonchev–Trinajstić information content (AvgIpc) is 1.86. The SMILES string of the molecule is Cc1[c-]nns1.[Y+3]. The summed E-state index contributed by atoms with van der Waals surface area (Å²) in [4.78, 5) is 1.04. The number of aromatic nitrogens is 2. The van der Waals surface area contributed by atoms with Gasteiger partial charge in [0.05, 0.1) is 0 Å². The Labute approximate surface area is 71.4 Å². The third-order valence-corrected chi connectivity index (χ3v) is 0.954. The minimum absolute atomic E-state index is 0. The maximum Gasteiger partial charge on any atom is 3.00 e. The predicted molar refractivity (Wildman–Crippen MR) is 23.5 cm³/mol. The molecule has 1 rings (SSSR count). The van der Waals surface area contributed by atoms with Crippen LogP contribution >= 0.6 is 11.5 Å². The van der Waals surface area contributed by atoms with E-state index < -0.39 is 0 Å². The van der Waals surface area contributed by atoms with Gasteiger partial charge in [-0.25, -0.2) is 0 Å². The Morgan fingerprint density at radius 1 is 1.71 bits per heavy atom. The molecule has 2 nitrogen and oxygen atoms in total. The van der Waals surface area contributed by atoms with Crippen molar-refractivity contribution < 1.29 is 32.7 Å². The summed E-state index contributed by atoms with van der Waals surface area (Å²) < 4.78 is 3.56. The molecule has 0 saturated heterocycles. The first-order chi connectivity index (χ1) is 2.89. The molecule has 0 saturated carbocycles. The molecule has 0 fully saturated rings. The van der Waals surface area contributed by atoms with Crippen molar-refractivity contribution in [2.75, 3.05) is 0 Å². The fraction of sp³-hybridized carbons (Fsp3) is 0.333. The van der Waals surface area contributed by atoms with Gasteiger partial charge in [-0.2, -0.15) is 0 Å². The first kappa shape index (κ1) is 7.66. The first-order valence-corrected chi connectivity index (χ1v) is 2.33. The zero-order chi connectivity index (χ0) is 4.41. The van der Waals surface area contributed by atoms with Gasteiger partial charge in [-0.05, 0) is 0 Å². The summed E-state index contributed by atoms with van der Waals surface area (Å²) in [6.45, 7) is 1.92. The van der Waals surface area contributed by atoms with Crippen molar-refractivity contribution >= 4 is 11.5 Å². The molecule has 0 radical (unpaired) electrons. The van der Waals surface area contributed by atoms with E-state index in [4.69, 9.17) is 0 Å². The van der Waals surface area contributed by atoms with Crippen molar-refractivity contribution in [2.24, 2.45) is 0 Å². The second-order valence-electron chi connectivity index (χ2n) is 0.941. The molecular weight excluding hydrogens is 185 g/mol. The van der Waals surface area contributed by atoms with Gasteiger partial charge in [-0.1, -0.05) is 18.5 Å². The Morgan fingerprint density at radius 3 is 2.57 bits per heavy atom. The normalized spacial score (nSPS) is 7.57. The molecule has 0 amide bonds. The van der Waals surface area contributed by atoms with E-state index in [2.05, 4.69) is 15.8 Å². The van der Waals surface area contributed by atoms with Crippen LogP contribution in [-0.2, 0) is 32.7 Å². The maximum atomic E-state index is 3.56. The van der Waals surface area contributed by atoms with Crippen LogP contribution in [-0.4, -0.2) is 9.59 Å². The van der Waals surface area contributed by atoms with E-state index in [0.717, 1.165) is 4.88 Å². The van der Waals surface area contributed by atoms with E-state index in [1.165, 1.54) is 11.5 Å². The second kappa shape index (κ2) is 3.64. The Bertz CT molecular complexity index is 116. The monoisotopic (exact) mass is 188 g/mol. The van der Waals surface area contributed by atoms with Gasteiger partial charge in [0, 0.05) is 0 Å². The maximum absolute atomic E-state index is 3.56. The quantitative estimate of drug-likeness (QED) is 0.558. The number of nitrogens with zero attached hydrogens (tertiary/aromatic N) is 2. The van der Waals surface area contributed by atoms with Crippen LogP contribution in [0.15, 0.2) is 0 Å². The fourth-order valence-electron chi connectivity index (χ4n) is 0.193. The third-order valence-electron chi connectivity index (χ3n) is 0.426. The van der Waals surface area contributed by atoms with Crippen LogP contribution in [0.25, 0.3) is 0 Å². The van der Waals surface area contributed by atoms with Crippen molar-refractivity contribution in [1.29, 1.82) is 0 Å². The van der Waals surface area contributed by atoms with Crippen molar-refractivity contribution in [1.82, 2.24) is 9.59 Å². The first-order valence-electron chi connectivity index (χ1n) is 1.56. The molecule has 0 N–H and O–H groups in total. The largest absolute Gasteiger partial charge is 3.00 e. The van der Waals surface area contributed by atoms with Crippen LogP contribution in [0.2, 0.25) is 0 Å². The fourth-order valence-corrected chi connectivity index (χ4v) is 0.479. The molecule has 0 aliphatic carbocycles. The molecular formula is C3H3N2SY+2. The summed E-state index contributed by atoms with van der Waals surface area (Å²) in [7, 11) is 0. The molecule has 1 heterocycles. The van der Waals surface area contributed by atoms with Gasteiger partial charge in [-0.3, -0.25) is 0 Å². The Hall–Kier alpha value is 0.664. The number of hydrogen-bond acceptors (Lipinski definition) is 3. The van der Waals surface area contributed by atoms with E-state index in [0.29, 0.717) is 0 Å². The van der Waals surface area contributed by atoms with Crippen molar-refractivity contribution in [3.8, 4) is 0 Å². The Kier molecular flexibility index (Phi) is 3.98. The van der Waals surface area contributed by atoms with Crippen LogP contribution in [0.1, 0.15) is 4.88 Å². The van der Waals surface area contributed by atoms with Crippen molar-refractivity contribution in [2.45, 2.75) is 6.92 Å². The summed E-state index contributed by atoms with van der Waals surface area (Å²) in [5.74, 6) is 0. The number of rotatable bonds is 0. The van der Waals surface area contributed by atoms with Gasteiger partial charge in [0.1, 0.15) is 0 Å². The van der Waals surface area contributed by atoms with E-state index in [1.54, 1.807) is 0 Å². The minimum Gasteiger partial charge on any atom is -0.359 e. The molecule has 1 aromatic rings. The summed E-state index contributed by atoms with van der Waals surface area (Å²) in [5.41, 5.74) is 0. The van der Waals surface area contributed by atoms with Gasteiger partial charge in [-0.15, -0.1) is 9.37 Å². The molecule has 0 atom stereocenters. The van der Waals surface area contributed by atoms with Gasteiger partial charge in [0.15, 0.2) is 0 Å². The van der Waals surface area contributed by atoms with Crippen LogP contribution < -0.4 is 0 Å². The molecule has 0 bridgehead atoms. The Balaban J connectivity index is 0.000000360. The zero-order valence-corrected chi connectivity index (χ0v) is 7.53. The van der Waals surface area contributed by atoms with Crippen molar-refractivity contribution in [3.05, 3.63) is 11.1 Å². The van der Waals surface area contributed by atoms with E-state index >= 15 is 0 Å². The Morgan fingerprint density at radius 2 is 2.43 bits per heavy atom. The van der Waals surface area contributed by atoms with Crippen LogP contribution in [0.5, 0.6) is 0 Å². The van der Waals surface area contributed by atoms with Gasteiger partial charge >= 0.3 is 32.7 Å². The standard InChI is InChI=1S/C3H3N2S.Y/c1-3-2-4-5-6-3;/h1H3;/q-1;+3. The topological polar surface area (TPSA) is 25.8 Å².